The van der Waals surface area contributed by atoms with Crippen LogP contribution in [-0.4, -0.2) is 26.1 Å². The predicted molar refractivity (Wildman–Crippen MR) is 110 cm³/mol. The summed E-state index contributed by atoms with van der Waals surface area (Å²) in [5.41, 5.74) is 2.24. The normalized spacial score (nSPS) is 16.6. The van der Waals surface area contributed by atoms with Crippen molar-refractivity contribution in [2.24, 2.45) is 0 Å². The number of sulfone groups is 1. The lowest BCUT2D eigenvalue weighted by atomic mass is 9.80. The van der Waals surface area contributed by atoms with Gasteiger partial charge in [-0.2, -0.15) is 11.3 Å². The maximum absolute atomic E-state index is 12.4. The predicted octanol–water partition coefficient (Wildman–Crippen LogP) is 4.10. The van der Waals surface area contributed by atoms with Gasteiger partial charge in [0, 0.05) is 12.0 Å². The molecular weight excluding hydrogens is 378 g/mol. The molecule has 1 fully saturated rings. The molecule has 0 spiro atoms. The van der Waals surface area contributed by atoms with Crippen LogP contribution in [-0.2, 0) is 26.5 Å². The van der Waals surface area contributed by atoms with Crippen LogP contribution in [0.3, 0.4) is 0 Å². The molecule has 1 heterocycles. The van der Waals surface area contributed by atoms with E-state index in [1.165, 1.54) is 18.4 Å². The Morgan fingerprint density at radius 3 is 2.37 bits per heavy atom. The highest BCUT2D eigenvalue weighted by Crippen LogP contribution is 2.41. The maximum Gasteiger partial charge on any atom is 0.224 e. The van der Waals surface area contributed by atoms with Gasteiger partial charge in [-0.3, -0.25) is 4.79 Å². The average molecular weight is 406 g/mol. The number of carbonyl (C=O) groups is 1. The van der Waals surface area contributed by atoms with Crippen molar-refractivity contribution in [1.29, 1.82) is 0 Å². The first-order chi connectivity index (χ1) is 12.8. The summed E-state index contributed by atoms with van der Waals surface area (Å²) in [5.74, 6) is -0.0176. The van der Waals surface area contributed by atoms with E-state index in [0.29, 0.717) is 11.4 Å². The minimum atomic E-state index is -3.28. The number of nitrogens with one attached hydrogen (secondary N) is 1. The molecule has 1 aliphatic rings. The lowest BCUT2D eigenvalue weighted by molar-refractivity contribution is -0.120. The summed E-state index contributed by atoms with van der Waals surface area (Å²) in [6.07, 6.45) is 4.91. The van der Waals surface area contributed by atoms with Crippen LogP contribution in [0.4, 0.5) is 0 Å². The molecule has 1 aromatic heterocycles. The molecule has 0 unspecified atom stereocenters. The number of rotatable bonds is 7. The number of carbonyl (C=O) groups excluding carboxylic acids is 1. The summed E-state index contributed by atoms with van der Waals surface area (Å²) in [6.45, 7) is 4.01. The molecule has 0 bridgehead atoms. The summed E-state index contributed by atoms with van der Waals surface area (Å²) < 4.78 is 24.4. The molecule has 0 saturated heterocycles. The molecule has 0 atom stereocenters. The van der Waals surface area contributed by atoms with Gasteiger partial charge in [0.2, 0.25) is 5.91 Å². The van der Waals surface area contributed by atoms with E-state index in [0.717, 1.165) is 18.4 Å². The first kappa shape index (κ1) is 20.1. The minimum Gasteiger partial charge on any atom is -0.355 e. The van der Waals surface area contributed by atoms with Crippen LogP contribution >= 0.6 is 11.3 Å². The largest absolute Gasteiger partial charge is 0.355 e. The lowest BCUT2D eigenvalue weighted by Crippen LogP contribution is -2.39. The summed E-state index contributed by atoms with van der Waals surface area (Å²) in [5, 5.41) is 6.96. The molecule has 2 aromatic rings. The summed E-state index contributed by atoms with van der Waals surface area (Å²) in [4.78, 5) is 12.8. The number of hydrogen-bond acceptors (Lipinski definition) is 4. The third-order valence-electron chi connectivity index (χ3n) is 5.56. The van der Waals surface area contributed by atoms with Crippen LogP contribution in [0, 0.1) is 0 Å². The first-order valence-electron chi connectivity index (χ1n) is 9.46. The SMILES string of the molecule is CC(C)S(=O)(=O)c1ccc(CC(=O)NCC2(c3ccsc3)CCCC2)cc1. The van der Waals surface area contributed by atoms with Crippen molar-refractivity contribution in [3.63, 3.8) is 0 Å². The zero-order valence-corrected chi connectivity index (χ0v) is 17.5. The Balaban J connectivity index is 1.61. The van der Waals surface area contributed by atoms with Crippen LogP contribution < -0.4 is 5.32 Å². The van der Waals surface area contributed by atoms with Crippen molar-refractivity contribution < 1.29 is 13.2 Å². The number of hydrogen-bond donors (Lipinski definition) is 1. The van der Waals surface area contributed by atoms with Gasteiger partial charge in [0.05, 0.1) is 16.6 Å². The highest BCUT2D eigenvalue weighted by atomic mass is 32.2. The van der Waals surface area contributed by atoms with Crippen LogP contribution in [0.1, 0.15) is 50.7 Å². The molecule has 1 amide bonds. The Bertz CT molecular complexity index is 863. The zero-order valence-electron chi connectivity index (χ0n) is 15.9. The summed E-state index contributed by atoms with van der Waals surface area (Å²) in [6, 6.07) is 8.84. The Labute approximate surface area is 165 Å². The van der Waals surface area contributed by atoms with Gasteiger partial charge >= 0.3 is 0 Å². The van der Waals surface area contributed by atoms with E-state index in [9.17, 15) is 13.2 Å². The molecule has 0 aliphatic heterocycles. The number of benzene rings is 1. The maximum atomic E-state index is 12.4. The fraction of sp³-hybridized carbons (Fsp3) is 0.476. The summed E-state index contributed by atoms with van der Waals surface area (Å²) in [7, 11) is -3.28. The number of amides is 1. The average Bonchev–Trinajstić information content (AvgIpc) is 3.33. The van der Waals surface area contributed by atoms with Crippen molar-refractivity contribution in [3.8, 4) is 0 Å². The topological polar surface area (TPSA) is 63.2 Å². The third-order valence-corrected chi connectivity index (χ3v) is 8.41. The van der Waals surface area contributed by atoms with Crippen LogP contribution in [0.2, 0.25) is 0 Å². The van der Waals surface area contributed by atoms with Crippen LogP contribution in [0.5, 0.6) is 0 Å². The molecule has 3 rings (SSSR count). The van der Waals surface area contributed by atoms with Gasteiger partial charge in [-0.15, -0.1) is 0 Å². The lowest BCUT2D eigenvalue weighted by Gasteiger charge is -2.28. The van der Waals surface area contributed by atoms with E-state index < -0.39 is 15.1 Å². The monoisotopic (exact) mass is 405 g/mol. The molecule has 6 heteroatoms. The third kappa shape index (κ3) is 4.43. The van der Waals surface area contributed by atoms with E-state index in [-0.39, 0.29) is 17.7 Å². The molecule has 1 saturated carbocycles. The van der Waals surface area contributed by atoms with Gasteiger partial charge in [-0.05, 0) is 66.8 Å². The second-order valence-electron chi connectivity index (χ2n) is 7.69. The highest BCUT2D eigenvalue weighted by molar-refractivity contribution is 7.92. The van der Waals surface area contributed by atoms with E-state index in [1.54, 1.807) is 49.4 Å². The molecule has 27 heavy (non-hydrogen) atoms. The van der Waals surface area contributed by atoms with Gasteiger partial charge in [0.25, 0.3) is 0 Å². The smallest absolute Gasteiger partial charge is 0.224 e. The first-order valence-corrected chi connectivity index (χ1v) is 11.9. The minimum absolute atomic E-state index is 0.0176. The van der Waals surface area contributed by atoms with Crippen LogP contribution in [0.25, 0.3) is 0 Å². The van der Waals surface area contributed by atoms with Gasteiger partial charge in [0.1, 0.15) is 0 Å². The molecular formula is C21H27NO3S2. The van der Waals surface area contributed by atoms with E-state index in [2.05, 4.69) is 22.1 Å². The Morgan fingerprint density at radius 1 is 1.15 bits per heavy atom. The molecule has 4 nitrogen and oxygen atoms in total. The quantitative estimate of drug-likeness (QED) is 0.754. The van der Waals surface area contributed by atoms with E-state index in [4.69, 9.17) is 0 Å². The Hall–Kier alpha value is -1.66. The van der Waals surface area contributed by atoms with Gasteiger partial charge < -0.3 is 5.32 Å². The van der Waals surface area contributed by atoms with Gasteiger partial charge in [-0.25, -0.2) is 8.42 Å². The fourth-order valence-corrected chi connectivity index (χ4v) is 5.61. The second-order valence-corrected chi connectivity index (χ2v) is 11.0. The molecule has 1 aromatic carbocycles. The number of thiophene rings is 1. The second kappa shape index (κ2) is 8.15. The van der Waals surface area contributed by atoms with E-state index >= 15 is 0 Å². The highest BCUT2D eigenvalue weighted by Gasteiger charge is 2.36. The molecule has 0 radical (unpaired) electrons. The molecule has 1 aliphatic carbocycles. The van der Waals surface area contributed by atoms with Crippen molar-refractivity contribution >= 4 is 27.1 Å². The van der Waals surface area contributed by atoms with E-state index in [1.807, 2.05) is 0 Å². The molecule has 1 N–H and O–H groups in total. The fourth-order valence-electron chi connectivity index (χ4n) is 3.77. The van der Waals surface area contributed by atoms with Crippen molar-refractivity contribution in [1.82, 2.24) is 5.32 Å². The van der Waals surface area contributed by atoms with Gasteiger partial charge in [-0.1, -0.05) is 25.0 Å². The van der Waals surface area contributed by atoms with Crippen LogP contribution in [0.15, 0.2) is 46.0 Å². The molecule has 146 valence electrons. The standard InChI is InChI=1S/C21H27NO3S2/c1-16(2)27(24,25)19-7-5-17(6-8-19)13-20(23)22-15-21(10-3-4-11-21)18-9-12-26-14-18/h5-9,12,14,16H,3-4,10-11,13,15H2,1-2H3,(H,22,23). The Morgan fingerprint density at radius 2 is 1.81 bits per heavy atom. The van der Waals surface area contributed by atoms with Crippen molar-refractivity contribution in [2.75, 3.05) is 6.54 Å². The summed E-state index contributed by atoms with van der Waals surface area (Å²) >= 11 is 1.71. The van der Waals surface area contributed by atoms with Crippen molar-refractivity contribution in [2.45, 2.75) is 61.5 Å². The van der Waals surface area contributed by atoms with Crippen molar-refractivity contribution in [3.05, 3.63) is 52.2 Å². The van der Waals surface area contributed by atoms with Gasteiger partial charge in [0.15, 0.2) is 9.84 Å². The Kier molecular flexibility index (Phi) is 6.06. The zero-order chi connectivity index (χ0) is 19.5.